The SMILES string of the molecule is Cc1cc(=O)n2c(-c3ccc(NC(=O)C(C)Oc4ccc5c(c4)OCO5)cc3)csc2n1. The summed E-state index contributed by atoms with van der Waals surface area (Å²) in [6.07, 6.45) is -0.719. The van der Waals surface area contributed by atoms with E-state index in [1.54, 1.807) is 48.6 Å². The van der Waals surface area contributed by atoms with E-state index in [4.69, 9.17) is 14.2 Å². The Hall–Kier alpha value is -3.85. The van der Waals surface area contributed by atoms with Crippen LogP contribution in [0.15, 0.2) is 58.7 Å². The van der Waals surface area contributed by atoms with Crippen molar-refractivity contribution in [2.75, 3.05) is 12.1 Å². The summed E-state index contributed by atoms with van der Waals surface area (Å²) in [4.78, 5) is 30.0. The highest BCUT2D eigenvalue weighted by Crippen LogP contribution is 2.35. The van der Waals surface area contributed by atoms with Crippen LogP contribution >= 0.6 is 11.3 Å². The molecular formula is C23H19N3O5S. The number of hydrogen-bond acceptors (Lipinski definition) is 7. The van der Waals surface area contributed by atoms with Crippen LogP contribution < -0.4 is 25.1 Å². The zero-order valence-electron chi connectivity index (χ0n) is 17.3. The maximum absolute atomic E-state index is 12.6. The molecule has 0 fully saturated rings. The van der Waals surface area contributed by atoms with E-state index >= 15 is 0 Å². The van der Waals surface area contributed by atoms with Crippen molar-refractivity contribution in [3.8, 4) is 28.5 Å². The minimum absolute atomic E-state index is 0.115. The van der Waals surface area contributed by atoms with Gasteiger partial charge in [0.25, 0.3) is 11.5 Å². The number of rotatable bonds is 5. The van der Waals surface area contributed by atoms with Crippen molar-refractivity contribution in [3.05, 3.63) is 70.0 Å². The smallest absolute Gasteiger partial charge is 0.265 e. The monoisotopic (exact) mass is 449 g/mol. The zero-order chi connectivity index (χ0) is 22.2. The van der Waals surface area contributed by atoms with Crippen molar-refractivity contribution in [2.24, 2.45) is 0 Å². The maximum Gasteiger partial charge on any atom is 0.265 e. The van der Waals surface area contributed by atoms with Gasteiger partial charge in [-0.05, 0) is 43.7 Å². The van der Waals surface area contributed by atoms with Crippen LogP contribution in [0.25, 0.3) is 16.2 Å². The molecule has 1 unspecified atom stereocenters. The maximum atomic E-state index is 12.6. The molecule has 0 bridgehead atoms. The van der Waals surface area contributed by atoms with E-state index in [9.17, 15) is 9.59 Å². The molecule has 2 aromatic heterocycles. The van der Waals surface area contributed by atoms with Gasteiger partial charge in [-0.1, -0.05) is 12.1 Å². The van der Waals surface area contributed by atoms with Crippen LogP contribution in [0.3, 0.4) is 0 Å². The van der Waals surface area contributed by atoms with E-state index in [1.165, 1.54) is 17.4 Å². The highest BCUT2D eigenvalue weighted by atomic mass is 32.1. The third-order valence-electron chi connectivity index (χ3n) is 5.01. The highest BCUT2D eigenvalue weighted by molar-refractivity contribution is 7.15. The average Bonchev–Trinajstić information content (AvgIpc) is 3.41. The Labute approximate surface area is 187 Å². The molecule has 1 amide bonds. The van der Waals surface area contributed by atoms with Gasteiger partial charge in [0.05, 0.1) is 5.69 Å². The van der Waals surface area contributed by atoms with Crippen molar-refractivity contribution in [3.63, 3.8) is 0 Å². The molecule has 1 atom stereocenters. The van der Waals surface area contributed by atoms with Crippen LogP contribution in [-0.2, 0) is 4.79 Å². The lowest BCUT2D eigenvalue weighted by atomic mass is 10.1. The van der Waals surface area contributed by atoms with Gasteiger partial charge >= 0.3 is 0 Å². The molecule has 0 radical (unpaired) electrons. The molecule has 9 heteroatoms. The van der Waals surface area contributed by atoms with Crippen molar-refractivity contribution in [1.29, 1.82) is 0 Å². The molecule has 0 saturated heterocycles. The van der Waals surface area contributed by atoms with Gasteiger partial charge in [-0.15, -0.1) is 11.3 Å². The molecule has 0 spiro atoms. The first-order chi connectivity index (χ1) is 15.5. The first kappa shape index (κ1) is 20.1. The van der Waals surface area contributed by atoms with Crippen molar-refractivity contribution in [2.45, 2.75) is 20.0 Å². The number of anilines is 1. The van der Waals surface area contributed by atoms with Gasteiger partial charge in [-0.3, -0.25) is 14.0 Å². The average molecular weight is 449 g/mol. The van der Waals surface area contributed by atoms with Crippen molar-refractivity contribution < 1.29 is 19.0 Å². The summed E-state index contributed by atoms with van der Waals surface area (Å²) >= 11 is 1.41. The van der Waals surface area contributed by atoms with Gasteiger partial charge in [-0.25, -0.2) is 4.98 Å². The standard InChI is InChI=1S/C23H19N3O5S/c1-13-9-21(27)26-18(11-32-23(26)24-13)15-3-5-16(6-4-15)25-22(28)14(2)31-17-7-8-19-20(10-17)30-12-29-19/h3-11,14H,12H2,1-2H3,(H,25,28). The molecule has 8 nitrogen and oxygen atoms in total. The fourth-order valence-corrected chi connectivity index (χ4v) is 4.35. The molecule has 1 aliphatic heterocycles. The summed E-state index contributed by atoms with van der Waals surface area (Å²) in [5.41, 5.74) is 2.82. The Balaban J connectivity index is 1.28. The second kappa shape index (κ2) is 8.01. The highest BCUT2D eigenvalue weighted by Gasteiger charge is 2.18. The van der Waals surface area contributed by atoms with Crippen LogP contribution in [-0.4, -0.2) is 28.2 Å². The molecule has 0 aliphatic carbocycles. The summed E-state index contributed by atoms with van der Waals surface area (Å²) in [5.74, 6) is 1.48. The Bertz CT molecular complexity index is 1380. The van der Waals surface area contributed by atoms with E-state index in [1.807, 2.05) is 17.5 Å². The molecule has 3 heterocycles. The van der Waals surface area contributed by atoms with Gasteiger partial charge in [-0.2, -0.15) is 0 Å². The Morgan fingerprint density at radius 1 is 1.16 bits per heavy atom. The number of carbonyl (C=O) groups excluding carboxylic acids is 1. The topological polar surface area (TPSA) is 91.2 Å². The predicted octanol–water partition coefficient (Wildman–Crippen LogP) is 3.87. The number of benzene rings is 2. The Morgan fingerprint density at radius 2 is 1.94 bits per heavy atom. The molecule has 1 N–H and O–H groups in total. The van der Waals surface area contributed by atoms with Crippen molar-refractivity contribution in [1.82, 2.24) is 9.38 Å². The Kier molecular flexibility index (Phi) is 5.02. The number of aromatic nitrogens is 2. The second-order valence-corrected chi connectivity index (χ2v) is 8.15. The first-order valence-electron chi connectivity index (χ1n) is 9.93. The Morgan fingerprint density at radius 3 is 2.75 bits per heavy atom. The largest absolute Gasteiger partial charge is 0.481 e. The summed E-state index contributed by atoms with van der Waals surface area (Å²) < 4.78 is 17.9. The van der Waals surface area contributed by atoms with Crippen LogP contribution in [0.4, 0.5) is 5.69 Å². The third-order valence-corrected chi connectivity index (χ3v) is 5.83. The molecule has 4 aromatic rings. The lowest BCUT2D eigenvalue weighted by Gasteiger charge is -2.15. The van der Waals surface area contributed by atoms with Crippen LogP contribution in [0.1, 0.15) is 12.6 Å². The minimum atomic E-state index is -0.719. The fraction of sp³-hybridized carbons (Fsp3) is 0.174. The minimum Gasteiger partial charge on any atom is -0.481 e. The number of nitrogens with zero attached hydrogens (tertiary/aromatic N) is 2. The van der Waals surface area contributed by atoms with Gasteiger partial charge in [0, 0.05) is 28.9 Å². The molecule has 1 aliphatic rings. The lowest BCUT2D eigenvalue weighted by molar-refractivity contribution is -0.122. The second-order valence-electron chi connectivity index (χ2n) is 7.32. The molecule has 2 aromatic carbocycles. The predicted molar refractivity (Wildman–Crippen MR) is 121 cm³/mol. The van der Waals surface area contributed by atoms with E-state index in [0.29, 0.717) is 33.6 Å². The number of ether oxygens (including phenoxy) is 3. The number of amides is 1. The zero-order valence-corrected chi connectivity index (χ0v) is 18.1. The quantitative estimate of drug-likeness (QED) is 0.497. The lowest BCUT2D eigenvalue weighted by Crippen LogP contribution is -2.30. The number of hydrogen-bond donors (Lipinski definition) is 1. The number of thiazole rings is 1. The van der Waals surface area contributed by atoms with Gasteiger partial charge in [0.2, 0.25) is 6.79 Å². The van der Waals surface area contributed by atoms with Gasteiger partial charge in [0.1, 0.15) is 5.75 Å². The molecule has 162 valence electrons. The fourth-order valence-electron chi connectivity index (χ4n) is 3.41. The number of carbonyl (C=O) groups is 1. The summed E-state index contributed by atoms with van der Waals surface area (Å²) in [6, 6.07) is 14.0. The number of aryl methyl sites for hydroxylation is 1. The van der Waals surface area contributed by atoms with Gasteiger partial charge in [0.15, 0.2) is 22.6 Å². The van der Waals surface area contributed by atoms with Crippen LogP contribution in [0.2, 0.25) is 0 Å². The van der Waals surface area contributed by atoms with E-state index in [2.05, 4.69) is 10.3 Å². The molecule has 0 saturated carbocycles. The molecule has 5 rings (SSSR count). The summed E-state index contributed by atoms with van der Waals surface area (Å²) in [6.45, 7) is 3.65. The van der Waals surface area contributed by atoms with E-state index in [0.717, 1.165) is 11.3 Å². The normalized spacial score (nSPS) is 13.2. The van der Waals surface area contributed by atoms with Crippen LogP contribution in [0.5, 0.6) is 17.2 Å². The summed E-state index contributed by atoms with van der Waals surface area (Å²) in [5, 5.41) is 4.75. The van der Waals surface area contributed by atoms with Crippen LogP contribution in [0, 0.1) is 6.92 Å². The summed E-state index contributed by atoms with van der Waals surface area (Å²) in [7, 11) is 0. The number of fused-ring (bicyclic) bond motifs is 2. The van der Waals surface area contributed by atoms with E-state index in [-0.39, 0.29) is 18.3 Å². The van der Waals surface area contributed by atoms with E-state index < -0.39 is 6.10 Å². The number of nitrogens with one attached hydrogen (secondary N) is 1. The van der Waals surface area contributed by atoms with Gasteiger partial charge < -0.3 is 19.5 Å². The molecule has 32 heavy (non-hydrogen) atoms. The first-order valence-corrected chi connectivity index (χ1v) is 10.8. The van der Waals surface area contributed by atoms with Crippen molar-refractivity contribution >= 4 is 27.9 Å². The molecular weight excluding hydrogens is 430 g/mol. The third kappa shape index (κ3) is 3.78.